The summed E-state index contributed by atoms with van der Waals surface area (Å²) in [6.45, 7) is 8.50. The van der Waals surface area contributed by atoms with Crippen LogP contribution in [-0.2, 0) is 20.2 Å². The largest absolute Gasteiger partial charge is 0.497 e. The van der Waals surface area contributed by atoms with Crippen LogP contribution in [0.3, 0.4) is 0 Å². The number of aliphatic carboxylic acids is 1. The smallest absolute Gasteiger partial charge is 0.408 e. The third-order valence-electron chi connectivity index (χ3n) is 8.59. The summed E-state index contributed by atoms with van der Waals surface area (Å²) in [5, 5.41) is 13.0. The first kappa shape index (κ1) is 34.1. The molecule has 45 heavy (non-hydrogen) atoms. The van der Waals surface area contributed by atoms with Gasteiger partial charge >= 0.3 is 12.1 Å². The highest BCUT2D eigenvalue weighted by molar-refractivity contribution is 5.90. The summed E-state index contributed by atoms with van der Waals surface area (Å²) in [6.07, 6.45) is 0.0789. The van der Waals surface area contributed by atoms with Gasteiger partial charge in [0, 0.05) is 18.4 Å². The van der Waals surface area contributed by atoms with Crippen molar-refractivity contribution >= 4 is 29.0 Å². The minimum absolute atomic E-state index is 0.210. The van der Waals surface area contributed by atoms with Crippen molar-refractivity contribution in [2.45, 2.75) is 110 Å². The van der Waals surface area contributed by atoms with Crippen LogP contribution in [0.1, 0.15) is 85.3 Å². The number of nitrogens with one attached hydrogen (secondary N) is 1. The van der Waals surface area contributed by atoms with Gasteiger partial charge in [-0.2, -0.15) is 8.78 Å². The quantitative estimate of drug-likeness (QED) is 0.436. The first-order valence-electron chi connectivity index (χ1n) is 15.6. The average molecular weight is 635 g/mol. The molecule has 2 amide bonds. The molecule has 0 aliphatic carbocycles. The van der Waals surface area contributed by atoms with E-state index in [1.165, 1.54) is 7.11 Å². The van der Waals surface area contributed by atoms with Crippen molar-refractivity contribution < 1.29 is 42.5 Å². The molecule has 0 radical (unpaired) electrons. The molecule has 0 saturated carbocycles. The molecule has 1 aromatic carbocycles. The van der Waals surface area contributed by atoms with E-state index in [2.05, 4.69) is 15.3 Å². The molecule has 5 atom stereocenters. The number of carboxylic acid groups (broad SMARTS) is 1. The molecule has 0 spiro atoms. The Bertz CT molecular complexity index is 1400. The summed E-state index contributed by atoms with van der Waals surface area (Å²) >= 11 is 0. The Balaban J connectivity index is 1.82. The van der Waals surface area contributed by atoms with Gasteiger partial charge in [0.15, 0.2) is 5.69 Å². The van der Waals surface area contributed by atoms with Crippen LogP contribution in [0.5, 0.6) is 11.6 Å². The van der Waals surface area contributed by atoms with E-state index in [4.69, 9.17) is 14.2 Å². The number of alkyl halides is 2. The molecule has 2 aromatic rings. The van der Waals surface area contributed by atoms with Gasteiger partial charge in [-0.3, -0.25) is 4.79 Å². The van der Waals surface area contributed by atoms with Crippen molar-refractivity contribution in [2.24, 2.45) is 11.3 Å². The fourth-order valence-electron chi connectivity index (χ4n) is 6.10. The lowest BCUT2D eigenvalue weighted by Crippen LogP contribution is -2.57. The van der Waals surface area contributed by atoms with E-state index >= 15 is 8.78 Å². The number of nitrogens with zero attached hydrogens (tertiary/aromatic N) is 3. The Morgan fingerprint density at radius 1 is 1.13 bits per heavy atom. The van der Waals surface area contributed by atoms with E-state index in [-0.39, 0.29) is 30.4 Å². The number of rotatable bonds is 3. The molecule has 11 nitrogen and oxygen atoms in total. The van der Waals surface area contributed by atoms with Gasteiger partial charge in [0.2, 0.25) is 11.8 Å². The van der Waals surface area contributed by atoms with E-state index in [1.54, 1.807) is 52.8 Å². The number of halogens is 2. The number of amides is 2. The Kier molecular flexibility index (Phi) is 10.4. The maximum Gasteiger partial charge on any atom is 0.408 e. The number of carboxylic acids is 1. The molecule has 1 aromatic heterocycles. The van der Waals surface area contributed by atoms with E-state index in [9.17, 15) is 19.5 Å². The van der Waals surface area contributed by atoms with Gasteiger partial charge in [-0.25, -0.2) is 19.6 Å². The molecular weight excluding hydrogens is 590 g/mol. The number of aromatic nitrogens is 2. The number of carbonyl (C=O) groups excluding carboxylic acids is 2. The molecule has 2 aliphatic rings. The van der Waals surface area contributed by atoms with Gasteiger partial charge in [0.25, 0.3) is 5.92 Å². The summed E-state index contributed by atoms with van der Waals surface area (Å²) in [5.41, 5.74) is -0.959. The standard InChI is InChI=1S/C32H44F2N4O7/c1-7-20-23-17-38(24(20)29(40)41)28(39)26(31(3,4)5)37-30(42)44-18(2)12-10-8-9-11-15-32(33,34)25-27(45-23)36-22-16-19(43-6)13-14-21(22)35-25/h13-14,16,18,20,23-24,26H,7-12,15,17H2,1-6H3,(H,37,42)(H,40,41)/t18-,20-,23+,24+,26-/m1/s1. The third-order valence-corrected chi connectivity index (χ3v) is 8.59. The zero-order chi connectivity index (χ0) is 33.1. The zero-order valence-corrected chi connectivity index (χ0v) is 26.8. The molecule has 13 heteroatoms. The molecular formula is C32H44F2N4O7. The van der Waals surface area contributed by atoms with E-state index < -0.39 is 77.5 Å². The minimum atomic E-state index is -3.40. The van der Waals surface area contributed by atoms with E-state index in [1.807, 2.05) is 0 Å². The normalized spacial score (nSPS) is 26.8. The first-order valence-corrected chi connectivity index (χ1v) is 15.6. The second kappa shape index (κ2) is 13.7. The van der Waals surface area contributed by atoms with Crippen LogP contribution >= 0.6 is 0 Å². The van der Waals surface area contributed by atoms with Crippen molar-refractivity contribution in [3.8, 4) is 11.6 Å². The van der Waals surface area contributed by atoms with Crippen LogP contribution in [0.2, 0.25) is 0 Å². The number of ether oxygens (including phenoxy) is 3. The van der Waals surface area contributed by atoms with Crippen molar-refractivity contribution in [3.63, 3.8) is 0 Å². The lowest BCUT2D eigenvalue weighted by molar-refractivity contribution is -0.151. The second-order valence-electron chi connectivity index (χ2n) is 13.1. The van der Waals surface area contributed by atoms with Gasteiger partial charge < -0.3 is 29.5 Å². The maximum atomic E-state index is 15.9. The summed E-state index contributed by atoms with van der Waals surface area (Å²) in [7, 11) is 1.47. The fourth-order valence-corrected chi connectivity index (χ4v) is 6.10. The van der Waals surface area contributed by atoms with E-state index in [0.29, 0.717) is 31.4 Å². The molecule has 2 bridgehead atoms. The molecule has 3 heterocycles. The predicted molar refractivity (Wildman–Crippen MR) is 161 cm³/mol. The van der Waals surface area contributed by atoms with Gasteiger partial charge in [-0.05, 0) is 50.2 Å². The molecule has 248 valence electrons. The van der Waals surface area contributed by atoms with E-state index in [0.717, 1.165) is 4.90 Å². The number of benzene rings is 1. The summed E-state index contributed by atoms with van der Waals surface area (Å²) in [4.78, 5) is 49.5. The van der Waals surface area contributed by atoms with Crippen molar-refractivity contribution in [2.75, 3.05) is 13.7 Å². The third kappa shape index (κ3) is 7.73. The van der Waals surface area contributed by atoms with Gasteiger partial charge in [-0.1, -0.05) is 40.5 Å². The summed E-state index contributed by atoms with van der Waals surface area (Å²) < 4.78 is 48.8. The van der Waals surface area contributed by atoms with Crippen LogP contribution in [-0.4, -0.2) is 75.9 Å². The number of carbonyl (C=O) groups is 3. The summed E-state index contributed by atoms with van der Waals surface area (Å²) in [6, 6.07) is 2.23. The number of alkyl carbamates (subject to hydrolysis) is 1. The predicted octanol–water partition coefficient (Wildman–Crippen LogP) is 5.68. The lowest BCUT2D eigenvalue weighted by atomic mass is 9.85. The van der Waals surface area contributed by atoms with Crippen LogP contribution < -0.4 is 14.8 Å². The van der Waals surface area contributed by atoms with Crippen LogP contribution in [0.15, 0.2) is 18.2 Å². The molecule has 1 fully saturated rings. The number of hydrogen-bond donors (Lipinski definition) is 2. The number of methoxy groups -OCH3 is 1. The molecule has 0 unspecified atom stereocenters. The Hall–Kier alpha value is -3.77. The van der Waals surface area contributed by atoms with Gasteiger partial charge in [-0.15, -0.1) is 0 Å². The van der Waals surface area contributed by atoms with Gasteiger partial charge in [0.05, 0.1) is 24.7 Å². The highest BCUT2D eigenvalue weighted by atomic mass is 19.3. The van der Waals surface area contributed by atoms with Crippen molar-refractivity contribution in [1.29, 1.82) is 0 Å². The molecule has 2 N–H and O–H groups in total. The monoisotopic (exact) mass is 634 g/mol. The molecule has 2 aliphatic heterocycles. The second-order valence-corrected chi connectivity index (χ2v) is 13.1. The van der Waals surface area contributed by atoms with Crippen LogP contribution in [0.25, 0.3) is 11.0 Å². The molecule has 1 saturated heterocycles. The number of hydrogen-bond acceptors (Lipinski definition) is 8. The lowest BCUT2D eigenvalue weighted by Gasteiger charge is -2.35. The summed E-state index contributed by atoms with van der Waals surface area (Å²) in [5.74, 6) is -6.04. The first-order chi connectivity index (χ1) is 21.2. The molecule has 4 rings (SSSR count). The Morgan fingerprint density at radius 3 is 2.49 bits per heavy atom. The van der Waals surface area contributed by atoms with Crippen LogP contribution in [0.4, 0.5) is 13.6 Å². The number of cyclic esters (lactones) is 1. The topological polar surface area (TPSA) is 140 Å². The highest BCUT2D eigenvalue weighted by Crippen LogP contribution is 2.41. The van der Waals surface area contributed by atoms with Crippen molar-refractivity contribution in [3.05, 3.63) is 23.9 Å². The zero-order valence-electron chi connectivity index (χ0n) is 26.8. The Morgan fingerprint density at radius 2 is 1.84 bits per heavy atom. The number of fused-ring (bicyclic) bond motifs is 4. The SMILES string of the molecule is CC[C@@H]1[C@@H]2CN(C(=O)[C@H](C(C)(C)C)NC(=O)O[C@H](C)CCCCCCC(F)(F)c3nc4ccc(OC)cc4nc3O2)[C@@H]1C(=O)O. The van der Waals surface area contributed by atoms with Crippen LogP contribution in [0, 0.1) is 11.3 Å². The highest BCUT2D eigenvalue weighted by Gasteiger charge is 2.52. The maximum absolute atomic E-state index is 15.9. The average Bonchev–Trinajstić information content (AvgIpc) is 3.34. The Labute approximate surface area is 262 Å². The van der Waals surface area contributed by atoms with Gasteiger partial charge in [0.1, 0.15) is 30.0 Å². The van der Waals surface area contributed by atoms with Crippen molar-refractivity contribution in [1.82, 2.24) is 20.2 Å². The fraction of sp³-hybridized carbons (Fsp3) is 0.656. The minimum Gasteiger partial charge on any atom is -0.497 e.